The first-order valence-electron chi connectivity index (χ1n) is 6.28. The first-order chi connectivity index (χ1) is 8.71. The second-order valence-electron chi connectivity index (χ2n) is 5.11. The van der Waals surface area contributed by atoms with Gasteiger partial charge < -0.3 is 10.0 Å². The Labute approximate surface area is 106 Å². The van der Waals surface area contributed by atoms with Gasteiger partial charge in [-0.2, -0.15) is 0 Å². The van der Waals surface area contributed by atoms with Crippen molar-refractivity contribution < 1.29 is 9.90 Å². The summed E-state index contributed by atoms with van der Waals surface area (Å²) >= 11 is 0. The highest BCUT2D eigenvalue weighted by Gasteiger charge is 2.39. The molecule has 2 aliphatic rings. The molecule has 1 saturated heterocycles. The van der Waals surface area contributed by atoms with Crippen LogP contribution in [0.25, 0.3) is 0 Å². The van der Waals surface area contributed by atoms with Gasteiger partial charge in [0, 0.05) is 31.3 Å². The van der Waals surface area contributed by atoms with Gasteiger partial charge in [0.25, 0.3) is 0 Å². The number of hydrogen-bond acceptors (Lipinski definition) is 2. The van der Waals surface area contributed by atoms with Gasteiger partial charge in [-0.05, 0) is 24.0 Å². The van der Waals surface area contributed by atoms with Crippen molar-refractivity contribution in [1.29, 1.82) is 0 Å². The Bertz CT molecular complexity index is 502. The van der Waals surface area contributed by atoms with E-state index in [4.69, 9.17) is 5.11 Å². The van der Waals surface area contributed by atoms with E-state index in [2.05, 4.69) is 23.2 Å². The Balaban J connectivity index is 1.90. The highest BCUT2D eigenvalue weighted by Crippen LogP contribution is 2.39. The van der Waals surface area contributed by atoms with Crippen LogP contribution in [-0.4, -0.2) is 41.9 Å². The lowest BCUT2D eigenvalue weighted by Crippen LogP contribution is -2.47. The number of amides is 1. The minimum absolute atomic E-state index is 0.0529. The smallest absolute Gasteiger partial charge is 0.407 e. The number of rotatable bonds is 0. The Morgan fingerprint density at radius 2 is 2.00 bits per heavy atom. The number of piperidine rings is 1. The fraction of sp³-hybridized carbons (Fsp3) is 0.429. The quantitative estimate of drug-likeness (QED) is 0.760. The molecular weight excluding hydrogens is 228 g/mol. The molecule has 1 fully saturated rings. The standard InChI is InChI=1S/C14H16N2O2/c17-13(18)16-7-5-14(6-8-16)10-15-9-11-3-1-2-4-12(11)14/h1-4,9H,5-8,10H2,(H,17,18). The van der Waals surface area contributed by atoms with Crippen LogP contribution in [0.5, 0.6) is 0 Å². The van der Waals surface area contributed by atoms with Crippen molar-refractivity contribution in [3.8, 4) is 0 Å². The Morgan fingerprint density at radius 3 is 2.72 bits per heavy atom. The van der Waals surface area contributed by atoms with Crippen molar-refractivity contribution in [1.82, 2.24) is 4.90 Å². The lowest BCUT2D eigenvalue weighted by Gasteiger charge is -2.42. The van der Waals surface area contributed by atoms with Gasteiger partial charge in [0.2, 0.25) is 0 Å². The molecule has 0 unspecified atom stereocenters. The second kappa shape index (κ2) is 4.12. The van der Waals surface area contributed by atoms with Gasteiger partial charge >= 0.3 is 6.09 Å². The molecule has 2 heterocycles. The van der Waals surface area contributed by atoms with Crippen LogP contribution in [0.15, 0.2) is 29.3 Å². The molecule has 2 aliphatic heterocycles. The van der Waals surface area contributed by atoms with Crippen molar-refractivity contribution in [3.05, 3.63) is 35.4 Å². The molecule has 0 aromatic heterocycles. The van der Waals surface area contributed by atoms with Crippen LogP contribution in [-0.2, 0) is 5.41 Å². The summed E-state index contributed by atoms with van der Waals surface area (Å²) in [6.45, 7) is 2.01. The zero-order valence-electron chi connectivity index (χ0n) is 10.2. The fourth-order valence-corrected chi connectivity index (χ4v) is 3.05. The summed E-state index contributed by atoms with van der Waals surface area (Å²) in [6.07, 6.45) is 2.86. The number of likely N-dealkylation sites (tertiary alicyclic amines) is 1. The molecule has 1 aromatic carbocycles. The van der Waals surface area contributed by atoms with Gasteiger partial charge in [-0.1, -0.05) is 24.3 Å². The van der Waals surface area contributed by atoms with Crippen molar-refractivity contribution in [2.24, 2.45) is 4.99 Å². The molecule has 0 bridgehead atoms. The van der Waals surface area contributed by atoms with Crippen LogP contribution in [0.4, 0.5) is 4.79 Å². The number of hydrogen-bond donors (Lipinski definition) is 1. The Kier molecular flexibility index (Phi) is 2.58. The average Bonchev–Trinajstić information content (AvgIpc) is 2.40. The molecule has 18 heavy (non-hydrogen) atoms. The van der Waals surface area contributed by atoms with E-state index in [9.17, 15) is 4.79 Å². The zero-order chi connectivity index (χ0) is 12.6. The van der Waals surface area contributed by atoms with Crippen LogP contribution in [0.2, 0.25) is 0 Å². The zero-order valence-corrected chi connectivity index (χ0v) is 10.2. The molecule has 1 aromatic rings. The summed E-state index contributed by atoms with van der Waals surface area (Å²) < 4.78 is 0. The summed E-state index contributed by atoms with van der Waals surface area (Å²) in [4.78, 5) is 16.9. The van der Waals surface area contributed by atoms with E-state index in [0.717, 1.165) is 19.4 Å². The summed E-state index contributed by atoms with van der Waals surface area (Å²) in [7, 11) is 0. The molecular formula is C14H16N2O2. The predicted molar refractivity (Wildman–Crippen MR) is 69.4 cm³/mol. The van der Waals surface area contributed by atoms with E-state index < -0.39 is 6.09 Å². The number of aliphatic imine (C=N–C) groups is 1. The maximum absolute atomic E-state index is 11.0. The predicted octanol–water partition coefficient (Wildman–Crippen LogP) is 2.13. The summed E-state index contributed by atoms with van der Waals surface area (Å²) in [6, 6.07) is 8.33. The first kappa shape index (κ1) is 11.3. The van der Waals surface area contributed by atoms with E-state index in [-0.39, 0.29) is 5.41 Å². The SMILES string of the molecule is O=C(O)N1CCC2(CC1)CN=Cc1ccccc12. The number of nitrogens with zero attached hydrogens (tertiary/aromatic N) is 2. The van der Waals surface area contributed by atoms with E-state index in [1.807, 2.05) is 12.3 Å². The summed E-state index contributed by atoms with van der Waals surface area (Å²) in [5.41, 5.74) is 2.58. The van der Waals surface area contributed by atoms with Gasteiger partial charge in [-0.15, -0.1) is 0 Å². The molecule has 0 saturated carbocycles. The minimum Gasteiger partial charge on any atom is -0.465 e. The van der Waals surface area contributed by atoms with Crippen molar-refractivity contribution in [2.45, 2.75) is 18.3 Å². The van der Waals surface area contributed by atoms with Crippen LogP contribution < -0.4 is 0 Å². The molecule has 3 rings (SSSR count). The van der Waals surface area contributed by atoms with Gasteiger partial charge in [0.05, 0.1) is 0 Å². The molecule has 1 amide bonds. The number of carboxylic acid groups (broad SMARTS) is 1. The minimum atomic E-state index is -0.808. The van der Waals surface area contributed by atoms with Crippen LogP contribution >= 0.6 is 0 Å². The molecule has 4 nitrogen and oxygen atoms in total. The third-order valence-electron chi connectivity index (χ3n) is 4.15. The molecule has 4 heteroatoms. The fourth-order valence-electron chi connectivity index (χ4n) is 3.05. The molecule has 1 spiro atoms. The van der Waals surface area contributed by atoms with Gasteiger partial charge in [0.15, 0.2) is 0 Å². The molecule has 0 aliphatic carbocycles. The Morgan fingerprint density at radius 1 is 1.28 bits per heavy atom. The van der Waals surface area contributed by atoms with Gasteiger partial charge in [0.1, 0.15) is 0 Å². The number of fused-ring (bicyclic) bond motifs is 2. The maximum Gasteiger partial charge on any atom is 0.407 e. The van der Waals surface area contributed by atoms with Crippen molar-refractivity contribution >= 4 is 12.3 Å². The topological polar surface area (TPSA) is 52.9 Å². The largest absolute Gasteiger partial charge is 0.465 e. The molecule has 94 valence electrons. The van der Waals surface area contributed by atoms with Crippen LogP contribution in [0.3, 0.4) is 0 Å². The highest BCUT2D eigenvalue weighted by atomic mass is 16.4. The van der Waals surface area contributed by atoms with Crippen molar-refractivity contribution in [3.63, 3.8) is 0 Å². The maximum atomic E-state index is 11.0. The average molecular weight is 244 g/mol. The summed E-state index contributed by atoms with van der Waals surface area (Å²) in [5, 5.41) is 9.02. The lowest BCUT2D eigenvalue weighted by atomic mass is 9.70. The molecule has 1 N–H and O–H groups in total. The number of benzene rings is 1. The van der Waals surface area contributed by atoms with E-state index in [0.29, 0.717) is 13.1 Å². The normalized spacial score (nSPS) is 20.8. The third kappa shape index (κ3) is 1.68. The molecule has 0 radical (unpaired) electrons. The Hall–Kier alpha value is -1.84. The summed E-state index contributed by atoms with van der Waals surface area (Å²) in [5.74, 6) is 0. The van der Waals surface area contributed by atoms with Crippen molar-refractivity contribution in [2.75, 3.05) is 19.6 Å². The van der Waals surface area contributed by atoms with Crippen LogP contribution in [0.1, 0.15) is 24.0 Å². The highest BCUT2D eigenvalue weighted by molar-refractivity contribution is 5.84. The van der Waals surface area contributed by atoms with E-state index in [1.54, 1.807) is 0 Å². The van der Waals surface area contributed by atoms with E-state index in [1.165, 1.54) is 16.0 Å². The second-order valence-corrected chi connectivity index (χ2v) is 5.11. The lowest BCUT2D eigenvalue weighted by molar-refractivity contribution is 0.117. The van der Waals surface area contributed by atoms with Gasteiger partial charge in [-0.25, -0.2) is 4.79 Å². The third-order valence-corrected chi connectivity index (χ3v) is 4.15. The number of carbonyl (C=O) groups is 1. The van der Waals surface area contributed by atoms with Gasteiger partial charge in [-0.3, -0.25) is 4.99 Å². The van der Waals surface area contributed by atoms with Crippen LogP contribution in [0, 0.1) is 0 Å². The first-order valence-corrected chi connectivity index (χ1v) is 6.28. The van der Waals surface area contributed by atoms with E-state index >= 15 is 0 Å². The monoisotopic (exact) mass is 244 g/mol. The molecule has 0 atom stereocenters.